The second-order valence-electron chi connectivity index (χ2n) is 5.80. The predicted octanol–water partition coefficient (Wildman–Crippen LogP) is 3.69. The van der Waals surface area contributed by atoms with Gasteiger partial charge in [0.25, 0.3) is 0 Å². The van der Waals surface area contributed by atoms with Gasteiger partial charge in [-0.2, -0.15) is 0 Å². The number of carbonyl (C=O) groups excluding carboxylic acids is 2. The first-order valence-electron chi connectivity index (χ1n) is 8.20. The first kappa shape index (κ1) is 20.3. The van der Waals surface area contributed by atoms with E-state index in [0.29, 0.717) is 5.69 Å². The van der Waals surface area contributed by atoms with Crippen LogP contribution >= 0.6 is 11.8 Å². The fourth-order valence-corrected chi connectivity index (χ4v) is 2.95. The lowest BCUT2D eigenvalue weighted by molar-refractivity contribution is -0.131. The van der Waals surface area contributed by atoms with Crippen molar-refractivity contribution >= 4 is 40.9 Å². The molecule has 0 spiro atoms. The number of amides is 2. The summed E-state index contributed by atoms with van der Waals surface area (Å²) in [5.41, 5.74) is 2.42. The zero-order valence-electron chi connectivity index (χ0n) is 14.9. The molecule has 0 aromatic heterocycles. The Morgan fingerprint density at radius 2 is 1.48 bits per heavy atom. The van der Waals surface area contributed by atoms with Crippen molar-refractivity contribution in [2.45, 2.75) is 24.0 Å². The number of aryl methyl sites for hydroxylation is 1. The zero-order valence-corrected chi connectivity index (χ0v) is 15.7. The largest absolute Gasteiger partial charge is 0.478 e. The maximum atomic E-state index is 12.3. The van der Waals surface area contributed by atoms with Crippen molar-refractivity contribution in [3.63, 3.8) is 0 Å². The first-order valence-corrected chi connectivity index (χ1v) is 9.07. The molecular formula is C20H20N2O4S. The monoisotopic (exact) mass is 384 g/mol. The minimum absolute atomic E-state index is 0.0972. The Balaban J connectivity index is 1.89. The van der Waals surface area contributed by atoms with Crippen LogP contribution in [-0.2, 0) is 14.4 Å². The molecule has 0 fully saturated rings. The van der Waals surface area contributed by atoms with Crippen molar-refractivity contribution in [3.05, 3.63) is 66.2 Å². The number of thioether (sulfide) groups is 1. The van der Waals surface area contributed by atoms with Crippen molar-refractivity contribution in [3.8, 4) is 0 Å². The summed E-state index contributed by atoms with van der Waals surface area (Å²) in [7, 11) is 0. The van der Waals surface area contributed by atoms with Gasteiger partial charge in [-0.15, -0.1) is 11.8 Å². The first-order chi connectivity index (χ1) is 12.8. The molecule has 0 saturated carbocycles. The quantitative estimate of drug-likeness (QED) is 0.500. The Morgan fingerprint density at radius 1 is 0.926 bits per heavy atom. The number of benzene rings is 2. The molecule has 2 aromatic rings. The van der Waals surface area contributed by atoms with Crippen LogP contribution in [0, 0.1) is 6.92 Å². The van der Waals surface area contributed by atoms with Crippen LogP contribution in [0.4, 0.5) is 11.4 Å². The predicted molar refractivity (Wildman–Crippen MR) is 107 cm³/mol. The molecule has 0 aliphatic heterocycles. The van der Waals surface area contributed by atoms with Crippen molar-refractivity contribution in [2.24, 2.45) is 0 Å². The maximum Gasteiger partial charge on any atom is 0.328 e. The lowest BCUT2D eigenvalue weighted by atomic mass is 10.2. The molecule has 2 amide bonds. The van der Waals surface area contributed by atoms with E-state index in [9.17, 15) is 14.4 Å². The SMILES string of the molecule is Cc1ccc(NC(=O)C(C)Sc2ccc(NC(=O)/C=C/C(=O)O)cc2)cc1. The van der Waals surface area contributed by atoms with Crippen molar-refractivity contribution in [1.82, 2.24) is 0 Å². The topological polar surface area (TPSA) is 95.5 Å². The van der Waals surface area contributed by atoms with Gasteiger partial charge < -0.3 is 15.7 Å². The van der Waals surface area contributed by atoms with E-state index in [4.69, 9.17) is 5.11 Å². The van der Waals surface area contributed by atoms with Crippen LogP contribution in [0.1, 0.15) is 12.5 Å². The van der Waals surface area contributed by atoms with E-state index in [-0.39, 0.29) is 11.2 Å². The number of anilines is 2. The van der Waals surface area contributed by atoms with Crippen LogP contribution < -0.4 is 10.6 Å². The minimum atomic E-state index is -1.19. The van der Waals surface area contributed by atoms with Gasteiger partial charge in [0.05, 0.1) is 5.25 Å². The van der Waals surface area contributed by atoms with Crippen molar-refractivity contribution in [1.29, 1.82) is 0 Å². The van der Waals surface area contributed by atoms with Gasteiger partial charge in [0.15, 0.2) is 0 Å². The van der Waals surface area contributed by atoms with Gasteiger partial charge in [-0.1, -0.05) is 17.7 Å². The molecule has 0 radical (unpaired) electrons. The van der Waals surface area contributed by atoms with Crippen molar-refractivity contribution < 1.29 is 19.5 Å². The molecule has 0 aliphatic rings. The molecule has 6 nitrogen and oxygen atoms in total. The average molecular weight is 384 g/mol. The van der Waals surface area contributed by atoms with Crippen LogP contribution in [0.5, 0.6) is 0 Å². The van der Waals surface area contributed by atoms with Crippen LogP contribution in [0.3, 0.4) is 0 Å². The maximum absolute atomic E-state index is 12.3. The number of carbonyl (C=O) groups is 3. The summed E-state index contributed by atoms with van der Waals surface area (Å²) >= 11 is 1.40. The second-order valence-corrected chi connectivity index (χ2v) is 7.21. The molecule has 0 saturated heterocycles. The summed E-state index contributed by atoms with van der Waals surface area (Å²) in [6, 6.07) is 14.6. The minimum Gasteiger partial charge on any atom is -0.478 e. The van der Waals surface area contributed by atoms with E-state index in [1.54, 1.807) is 24.3 Å². The third-order valence-corrected chi connectivity index (χ3v) is 4.61. The van der Waals surface area contributed by atoms with Gasteiger partial charge in [0.1, 0.15) is 0 Å². The molecule has 0 bridgehead atoms. The fourth-order valence-electron chi connectivity index (χ4n) is 2.09. The number of hydrogen-bond acceptors (Lipinski definition) is 4. The molecule has 0 aliphatic carbocycles. The Labute approximate surface area is 161 Å². The van der Waals surface area contributed by atoms with Gasteiger partial charge in [0.2, 0.25) is 11.8 Å². The zero-order chi connectivity index (χ0) is 19.8. The Hall–Kier alpha value is -3.06. The molecule has 1 unspecified atom stereocenters. The number of rotatable bonds is 7. The van der Waals surface area contributed by atoms with Crippen LogP contribution in [0.2, 0.25) is 0 Å². The van der Waals surface area contributed by atoms with Gasteiger partial charge in [0, 0.05) is 28.4 Å². The third kappa shape index (κ3) is 6.99. The summed E-state index contributed by atoms with van der Waals surface area (Å²) in [4.78, 5) is 35.1. The molecule has 3 N–H and O–H groups in total. The normalized spacial score (nSPS) is 11.8. The van der Waals surface area contributed by atoms with E-state index in [1.165, 1.54) is 11.8 Å². The molecule has 140 valence electrons. The summed E-state index contributed by atoms with van der Waals surface area (Å²) in [6.45, 7) is 3.80. The Morgan fingerprint density at radius 3 is 2.07 bits per heavy atom. The van der Waals surface area contributed by atoms with Crippen molar-refractivity contribution in [2.75, 3.05) is 10.6 Å². The third-order valence-electron chi connectivity index (χ3n) is 3.50. The molecule has 7 heteroatoms. The summed E-state index contributed by atoms with van der Waals surface area (Å²) in [6.07, 6.45) is 1.72. The van der Waals surface area contributed by atoms with Crippen LogP contribution in [-0.4, -0.2) is 28.1 Å². The Bertz CT molecular complexity index is 845. The Kier molecular flexibility index (Phi) is 7.19. The number of carboxylic acid groups (broad SMARTS) is 1. The molecule has 1 atom stereocenters. The van der Waals surface area contributed by atoms with E-state index in [1.807, 2.05) is 38.1 Å². The number of nitrogens with one attached hydrogen (secondary N) is 2. The van der Waals surface area contributed by atoms with E-state index >= 15 is 0 Å². The smallest absolute Gasteiger partial charge is 0.328 e. The molecule has 0 heterocycles. The van der Waals surface area contributed by atoms with Crippen LogP contribution in [0.15, 0.2) is 65.6 Å². The lowest BCUT2D eigenvalue weighted by Crippen LogP contribution is -2.22. The van der Waals surface area contributed by atoms with E-state index < -0.39 is 11.9 Å². The summed E-state index contributed by atoms with van der Waals surface area (Å²) < 4.78 is 0. The number of aliphatic carboxylic acids is 1. The van der Waals surface area contributed by atoms with Gasteiger partial charge in [-0.25, -0.2) is 4.79 Å². The average Bonchev–Trinajstić information content (AvgIpc) is 2.63. The highest BCUT2D eigenvalue weighted by Crippen LogP contribution is 2.25. The van der Waals surface area contributed by atoms with Gasteiger partial charge in [-0.05, 0) is 50.2 Å². The summed E-state index contributed by atoms with van der Waals surface area (Å²) in [5, 5.41) is 13.6. The lowest BCUT2D eigenvalue weighted by Gasteiger charge is -2.12. The number of carboxylic acids is 1. The highest BCUT2D eigenvalue weighted by Gasteiger charge is 2.14. The van der Waals surface area contributed by atoms with Gasteiger partial charge >= 0.3 is 5.97 Å². The van der Waals surface area contributed by atoms with E-state index in [0.717, 1.165) is 28.3 Å². The number of hydrogen-bond donors (Lipinski definition) is 3. The fraction of sp³-hybridized carbons (Fsp3) is 0.150. The molecule has 2 aromatic carbocycles. The standard InChI is InChI=1S/C20H20N2O4S/c1-13-3-5-16(6-4-13)22-20(26)14(2)27-17-9-7-15(8-10-17)21-18(23)11-12-19(24)25/h3-12,14H,1-2H3,(H,21,23)(H,22,26)(H,24,25)/b12-11+. The van der Waals surface area contributed by atoms with Crippen LogP contribution in [0.25, 0.3) is 0 Å². The molecule has 27 heavy (non-hydrogen) atoms. The highest BCUT2D eigenvalue weighted by atomic mass is 32.2. The highest BCUT2D eigenvalue weighted by molar-refractivity contribution is 8.00. The van der Waals surface area contributed by atoms with E-state index in [2.05, 4.69) is 10.6 Å². The summed E-state index contributed by atoms with van der Waals surface area (Å²) in [5.74, 6) is -1.81. The van der Waals surface area contributed by atoms with Gasteiger partial charge in [-0.3, -0.25) is 9.59 Å². The molecular weight excluding hydrogens is 364 g/mol. The second kappa shape index (κ2) is 9.59. The molecule has 2 rings (SSSR count).